The van der Waals surface area contributed by atoms with Crippen LogP contribution >= 0.6 is 0 Å². The van der Waals surface area contributed by atoms with Crippen molar-refractivity contribution in [2.75, 3.05) is 11.1 Å². The van der Waals surface area contributed by atoms with E-state index in [1.165, 1.54) is 12.4 Å². The average molecular weight is 214 g/mol. The second-order valence-corrected chi connectivity index (χ2v) is 3.21. The van der Waals surface area contributed by atoms with Crippen molar-refractivity contribution in [3.8, 4) is 0 Å². The number of carbonyl (C=O) groups is 1. The van der Waals surface area contributed by atoms with E-state index in [0.29, 0.717) is 16.9 Å². The number of nitrogens with two attached hydrogens (primary N) is 1. The predicted octanol–water partition coefficient (Wildman–Crippen LogP) is 1.31. The Hall–Kier alpha value is -2.43. The molecule has 1 aromatic carbocycles. The molecule has 16 heavy (non-hydrogen) atoms. The van der Waals surface area contributed by atoms with Gasteiger partial charge in [-0.1, -0.05) is 0 Å². The molecule has 0 aliphatic rings. The van der Waals surface area contributed by atoms with Crippen LogP contribution in [-0.4, -0.2) is 16.1 Å². The summed E-state index contributed by atoms with van der Waals surface area (Å²) in [4.78, 5) is 11.7. The van der Waals surface area contributed by atoms with Gasteiger partial charge in [0.25, 0.3) is 5.91 Å². The molecule has 5 heteroatoms. The van der Waals surface area contributed by atoms with Crippen LogP contribution in [0.2, 0.25) is 0 Å². The zero-order chi connectivity index (χ0) is 11.4. The Morgan fingerprint density at radius 1 is 1.12 bits per heavy atom. The third-order valence-corrected chi connectivity index (χ3v) is 2.01. The minimum Gasteiger partial charge on any atom is -0.399 e. The van der Waals surface area contributed by atoms with Crippen molar-refractivity contribution in [2.45, 2.75) is 0 Å². The van der Waals surface area contributed by atoms with Crippen LogP contribution in [0.3, 0.4) is 0 Å². The molecule has 3 N–H and O–H groups in total. The quantitative estimate of drug-likeness (QED) is 0.738. The summed E-state index contributed by atoms with van der Waals surface area (Å²) in [5.74, 6) is -0.223. The lowest BCUT2D eigenvalue weighted by Crippen LogP contribution is -2.12. The number of anilines is 2. The van der Waals surface area contributed by atoms with Crippen LogP contribution in [0.1, 0.15) is 10.4 Å². The summed E-state index contributed by atoms with van der Waals surface area (Å²) in [6.07, 6.45) is 2.88. The van der Waals surface area contributed by atoms with Crippen LogP contribution < -0.4 is 11.1 Å². The summed E-state index contributed by atoms with van der Waals surface area (Å²) in [6.45, 7) is 0. The molecule has 2 rings (SSSR count). The van der Waals surface area contributed by atoms with E-state index in [4.69, 9.17) is 5.73 Å². The number of carbonyl (C=O) groups excluding carboxylic acids is 1. The number of nitrogens with one attached hydrogen (secondary N) is 1. The fourth-order valence-electron chi connectivity index (χ4n) is 1.19. The second-order valence-electron chi connectivity index (χ2n) is 3.21. The van der Waals surface area contributed by atoms with Gasteiger partial charge in [0.05, 0.1) is 18.0 Å². The summed E-state index contributed by atoms with van der Waals surface area (Å²) in [5, 5.41) is 9.95. The van der Waals surface area contributed by atoms with E-state index in [9.17, 15) is 4.79 Å². The number of aromatic nitrogens is 2. The zero-order valence-electron chi connectivity index (χ0n) is 8.42. The third kappa shape index (κ3) is 2.33. The molecule has 0 fully saturated rings. The van der Waals surface area contributed by atoms with Crippen molar-refractivity contribution in [3.63, 3.8) is 0 Å². The molecule has 2 aromatic rings. The van der Waals surface area contributed by atoms with Gasteiger partial charge in [-0.25, -0.2) is 0 Å². The van der Waals surface area contributed by atoms with Crippen molar-refractivity contribution < 1.29 is 4.79 Å². The summed E-state index contributed by atoms with van der Waals surface area (Å²) >= 11 is 0. The molecule has 0 saturated heterocycles. The largest absolute Gasteiger partial charge is 0.399 e. The smallest absolute Gasteiger partial charge is 0.257 e. The summed E-state index contributed by atoms with van der Waals surface area (Å²) in [7, 11) is 0. The highest BCUT2D eigenvalue weighted by atomic mass is 16.1. The molecule has 0 bridgehead atoms. The van der Waals surface area contributed by atoms with Gasteiger partial charge in [-0.3, -0.25) is 4.79 Å². The summed E-state index contributed by atoms with van der Waals surface area (Å²) in [6, 6.07) is 8.52. The molecule has 0 atom stereocenters. The maximum atomic E-state index is 11.7. The van der Waals surface area contributed by atoms with Crippen LogP contribution in [0.15, 0.2) is 42.7 Å². The highest BCUT2D eigenvalue weighted by molar-refractivity contribution is 6.03. The van der Waals surface area contributed by atoms with E-state index < -0.39 is 0 Å². The Bertz CT molecular complexity index is 481. The minimum atomic E-state index is -0.223. The van der Waals surface area contributed by atoms with Crippen LogP contribution in [0.5, 0.6) is 0 Å². The van der Waals surface area contributed by atoms with Gasteiger partial charge in [0.1, 0.15) is 0 Å². The molecule has 0 unspecified atom stereocenters. The predicted molar refractivity (Wildman–Crippen MR) is 60.8 cm³/mol. The monoisotopic (exact) mass is 214 g/mol. The first-order valence-electron chi connectivity index (χ1n) is 4.69. The van der Waals surface area contributed by atoms with E-state index in [1.807, 2.05) is 0 Å². The molecule has 0 radical (unpaired) electrons. The minimum absolute atomic E-state index is 0.223. The summed E-state index contributed by atoms with van der Waals surface area (Å²) in [5.41, 5.74) is 7.35. The average Bonchev–Trinajstić information content (AvgIpc) is 2.33. The molecule has 0 saturated carbocycles. The highest BCUT2D eigenvalue weighted by Crippen LogP contribution is 2.11. The van der Waals surface area contributed by atoms with Crippen LogP contribution in [0.25, 0.3) is 0 Å². The maximum absolute atomic E-state index is 11.7. The molecule has 1 amide bonds. The maximum Gasteiger partial charge on any atom is 0.257 e. The van der Waals surface area contributed by atoms with Gasteiger partial charge in [0, 0.05) is 11.4 Å². The number of rotatable bonds is 2. The Kier molecular flexibility index (Phi) is 2.77. The number of hydrogen-bond donors (Lipinski definition) is 2. The Morgan fingerprint density at radius 3 is 2.50 bits per heavy atom. The van der Waals surface area contributed by atoms with Crippen LogP contribution in [0, 0.1) is 0 Å². The first kappa shape index (κ1) is 10.1. The highest BCUT2D eigenvalue weighted by Gasteiger charge is 2.05. The molecular formula is C11H10N4O. The summed E-state index contributed by atoms with van der Waals surface area (Å²) < 4.78 is 0. The Labute approximate surface area is 92.3 Å². The molecule has 0 aliphatic carbocycles. The number of nitrogens with zero attached hydrogens (tertiary/aromatic N) is 2. The second kappa shape index (κ2) is 4.39. The molecule has 5 nitrogen and oxygen atoms in total. The van der Waals surface area contributed by atoms with Crippen molar-refractivity contribution >= 4 is 17.3 Å². The van der Waals surface area contributed by atoms with Crippen molar-refractivity contribution in [2.24, 2.45) is 0 Å². The lowest BCUT2D eigenvalue weighted by Gasteiger charge is -2.04. The van der Waals surface area contributed by atoms with Gasteiger partial charge < -0.3 is 11.1 Å². The number of hydrogen-bond acceptors (Lipinski definition) is 4. The molecule has 80 valence electrons. The lowest BCUT2D eigenvalue weighted by molar-refractivity contribution is 0.102. The molecule has 0 aliphatic heterocycles. The van der Waals surface area contributed by atoms with E-state index in [2.05, 4.69) is 15.5 Å². The third-order valence-electron chi connectivity index (χ3n) is 2.01. The van der Waals surface area contributed by atoms with Gasteiger partial charge in [-0.15, -0.1) is 0 Å². The van der Waals surface area contributed by atoms with Crippen molar-refractivity contribution in [1.82, 2.24) is 10.2 Å². The van der Waals surface area contributed by atoms with Crippen LogP contribution in [-0.2, 0) is 0 Å². The zero-order valence-corrected chi connectivity index (χ0v) is 8.42. The molecule has 0 spiro atoms. The van der Waals surface area contributed by atoms with Gasteiger partial charge in [-0.2, -0.15) is 10.2 Å². The number of amides is 1. The SMILES string of the molecule is Nc1ccc(NC(=O)c2ccnnc2)cc1. The van der Waals surface area contributed by atoms with Gasteiger partial charge in [0.15, 0.2) is 0 Å². The van der Waals surface area contributed by atoms with E-state index in [1.54, 1.807) is 30.3 Å². The standard InChI is InChI=1S/C11H10N4O/c12-9-1-3-10(4-2-9)15-11(16)8-5-6-13-14-7-8/h1-7H,12H2,(H,15,16). The van der Waals surface area contributed by atoms with Crippen LogP contribution in [0.4, 0.5) is 11.4 Å². The number of benzene rings is 1. The Balaban J connectivity index is 2.11. The first-order chi connectivity index (χ1) is 7.75. The molecular weight excluding hydrogens is 204 g/mol. The molecule has 1 aromatic heterocycles. The Morgan fingerprint density at radius 2 is 1.88 bits per heavy atom. The number of nitrogen functional groups attached to an aromatic ring is 1. The van der Waals surface area contributed by atoms with Gasteiger partial charge in [-0.05, 0) is 30.3 Å². The normalized spacial score (nSPS) is 9.75. The fourth-order valence-corrected chi connectivity index (χ4v) is 1.19. The van der Waals surface area contributed by atoms with Crippen molar-refractivity contribution in [1.29, 1.82) is 0 Å². The van der Waals surface area contributed by atoms with E-state index in [0.717, 1.165) is 0 Å². The molecule has 1 heterocycles. The lowest BCUT2D eigenvalue weighted by atomic mass is 10.2. The topological polar surface area (TPSA) is 80.9 Å². The fraction of sp³-hybridized carbons (Fsp3) is 0. The van der Waals surface area contributed by atoms with Crippen molar-refractivity contribution in [3.05, 3.63) is 48.3 Å². The van der Waals surface area contributed by atoms with E-state index >= 15 is 0 Å². The first-order valence-corrected chi connectivity index (χ1v) is 4.69. The van der Waals surface area contributed by atoms with Gasteiger partial charge in [0.2, 0.25) is 0 Å². The van der Waals surface area contributed by atoms with Gasteiger partial charge >= 0.3 is 0 Å². The van der Waals surface area contributed by atoms with E-state index in [-0.39, 0.29) is 5.91 Å².